The van der Waals surface area contributed by atoms with Crippen LogP contribution in [0.1, 0.15) is 21.7 Å². The summed E-state index contributed by atoms with van der Waals surface area (Å²) in [6.07, 6.45) is 2.31. The van der Waals surface area contributed by atoms with Crippen LogP contribution < -0.4 is 5.32 Å². The molecule has 2 aromatic heterocycles. The van der Waals surface area contributed by atoms with Crippen LogP contribution >= 0.6 is 34.7 Å². The maximum absolute atomic E-state index is 13.7. The van der Waals surface area contributed by atoms with E-state index in [1.807, 2.05) is 14.0 Å². The van der Waals surface area contributed by atoms with Crippen molar-refractivity contribution in [2.75, 3.05) is 12.4 Å². The minimum absolute atomic E-state index is 0.171. The van der Waals surface area contributed by atoms with Crippen LogP contribution in [0.5, 0.6) is 0 Å². The summed E-state index contributed by atoms with van der Waals surface area (Å²) in [7, 11) is 1.84. The van der Waals surface area contributed by atoms with Crippen molar-refractivity contribution in [3.63, 3.8) is 0 Å². The van der Waals surface area contributed by atoms with Crippen molar-refractivity contribution in [1.82, 2.24) is 9.97 Å². The van der Waals surface area contributed by atoms with E-state index in [1.165, 1.54) is 0 Å². The Morgan fingerprint density at radius 3 is 2.69 bits per heavy atom. The zero-order valence-corrected chi connectivity index (χ0v) is 16.6. The molecule has 0 saturated heterocycles. The predicted molar refractivity (Wildman–Crippen MR) is 107 cm³/mol. The minimum atomic E-state index is -0.331. The van der Waals surface area contributed by atoms with Crippen molar-refractivity contribution in [2.24, 2.45) is 0 Å². The van der Waals surface area contributed by atoms with E-state index in [2.05, 4.69) is 15.3 Å². The quantitative estimate of drug-likeness (QED) is 0.447. The van der Waals surface area contributed by atoms with E-state index in [4.69, 9.17) is 11.6 Å². The number of nitrogens with one attached hydrogen (secondary N) is 1. The molecule has 0 bridgehead atoms. The number of hydrogen-bond donors (Lipinski definition) is 1. The molecule has 26 heavy (non-hydrogen) atoms. The van der Waals surface area contributed by atoms with Crippen LogP contribution in [0.3, 0.4) is 0 Å². The van der Waals surface area contributed by atoms with Gasteiger partial charge < -0.3 is 5.32 Å². The highest BCUT2D eigenvalue weighted by Crippen LogP contribution is 2.34. The Balaban J connectivity index is 0.000000254. The molecule has 0 atom stereocenters. The number of pyridine rings is 1. The second kappa shape index (κ2) is 10.3. The van der Waals surface area contributed by atoms with Crippen molar-refractivity contribution >= 4 is 46.1 Å². The number of rotatable bonds is 5. The van der Waals surface area contributed by atoms with Gasteiger partial charge in [-0.1, -0.05) is 41.1 Å². The summed E-state index contributed by atoms with van der Waals surface area (Å²) in [5, 5.41) is 4.05. The molecule has 136 valence electrons. The van der Waals surface area contributed by atoms with Crippen LogP contribution in [-0.4, -0.2) is 23.3 Å². The van der Waals surface area contributed by atoms with Crippen LogP contribution in [0.25, 0.3) is 0 Å². The van der Waals surface area contributed by atoms with E-state index in [1.54, 1.807) is 65.7 Å². The third-order valence-electron chi connectivity index (χ3n) is 3.17. The number of carbonyl (C=O) groups excluding carboxylic acids is 1. The lowest BCUT2D eigenvalue weighted by Crippen LogP contribution is -1.88. The molecule has 0 spiro atoms. The average molecular weight is 410 g/mol. The Morgan fingerprint density at radius 2 is 2.12 bits per heavy atom. The molecular weight excluding hydrogens is 393 g/mol. The molecule has 3 aromatic rings. The average Bonchev–Trinajstić information content (AvgIpc) is 3.04. The van der Waals surface area contributed by atoms with Crippen LogP contribution in [0.4, 0.5) is 9.52 Å². The summed E-state index contributed by atoms with van der Waals surface area (Å²) in [5.41, 5.74) is 2.07. The standard InChI is InChI=1S/C12H12ClFN2S2.C6H5NO/c1-7-11(18-12(15-2)16-7)17-6-8-4-3-5-9(13)10(8)14;8-5-6-3-1-2-4-7-6/h3-5H,6H2,1-2H3,(H,15,16);1-5H. The molecule has 0 fully saturated rings. The SMILES string of the molecule is CNc1nc(C)c(SCc2cccc(Cl)c2F)s1.O=Cc1ccccn1. The largest absolute Gasteiger partial charge is 0.365 e. The molecule has 0 aliphatic rings. The van der Waals surface area contributed by atoms with Crippen molar-refractivity contribution in [3.05, 3.63) is 70.4 Å². The lowest BCUT2D eigenvalue weighted by atomic mass is 10.2. The molecule has 0 aliphatic carbocycles. The Hall–Kier alpha value is -1.96. The van der Waals surface area contributed by atoms with Crippen molar-refractivity contribution in [1.29, 1.82) is 0 Å². The van der Waals surface area contributed by atoms with E-state index in [9.17, 15) is 9.18 Å². The number of aryl methyl sites for hydroxylation is 1. The summed E-state index contributed by atoms with van der Waals surface area (Å²) in [6, 6.07) is 10.3. The third-order valence-corrected chi connectivity index (χ3v) is 6.04. The summed E-state index contributed by atoms with van der Waals surface area (Å²) in [5.74, 6) is 0.223. The second-order valence-electron chi connectivity index (χ2n) is 5.02. The highest BCUT2D eigenvalue weighted by Gasteiger charge is 2.10. The van der Waals surface area contributed by atoms with Gasteiger partial charge in [0.1, 0.15) is 11.5 Å². The summed E-state index contributed by atoms with van der Waals surface area (Å²) < 4.78 is 14.8. The molecule has 0 aliphatic heterocycles. The number of halogens is 2. The maximum atomic E-state index is 13.7. The van der Waals surface area contributed by atoms with Gasteiger partial charge in [-0.2, -0.15) is 0 Å². The fourth-order valence-corrected chi connectivity index (χ4v) is 4.13. The van der Waals surface area contributed by atoms with Gasteiger partial charge in [0.2, 0.25) is 0 Å². The monoisotopic (exact) mass is 409 g/mol. The van der Waals surface area contributed by atoms with Gasteiger partial charge in [0, 0.05) is 19.0 Å². The van der Waals surface area contributed by atoms with Crippen molar-refractivity contribution < 1.29 is 9.18 Å². The van der Waals surface area contributed by atoms with Gasteiger partial charge in [-0.25, -0.2) is 9.37 Å². The fraction of sp³-hybridized carbons (Fsp3) is 0.167. The number of benzene rings is 1. The molecule has 3 rings (SSSR count). The normalized spacial score (nSPS) is 10.0. The molecule has 0 saturated carbocycles. The number of aldehydes is 1. The number of hydrogen-bond acceptors (Lipinski definition) is 6. The predicted octanol–water partition coefficient (Wildman–Crippen LogP) is 5.47. The van der Waals surface area contributed by atoms with E-state index in [-0.39, 0.29) is 10.8 Å². The zero-order chi connectivity index (χ0) is 18.9. The Kier molecular flexibility index (Phi) is 8.03. The molecule has 0 amide bonds. The lowest BCUT2D eigenvalue weighted by molar-refractivity contribution is 0.111. The first kappa shape index (κ1) is 20.4. The lowest BCUT2D eigenvalue weighted by Gasteiger charge is -2.03. The number of anilines is 1. The first-order chi connectivity index (χ1) is 12.5. The van der Waals surface area contributed by atoms with Crippen LogP contribution in [-0.2, 0) is 5.75 Å². The number of aromatic nitrogens is 2. The summed E-state index contributed by atoms with van der Waals surface area (Å²) >= 11 is 8.90. The number of nitrogens with zero attached hydrogens (tertiary/aromatic N) is 2. The van der Waals surface area contributed by atoms with E-state index < -0.39 is 0 Å². The molecule has 2 heterocycles. The number of thiazole rings is 1. The Labute approximate surface area is 164 Å². The molecule has 4 nitrogen and oxygen atoms in total. The van der Waals surface area contributed by atoms with Gasteiger partial charge in [0.05, 0.1) is 14.9 Å². The molecule has 1 aromatic carbocycles. The highest BCUT2D eigenvalue weighted by atomic mass is 35.5. The summed E-state index contributed by atoms with van der Waals surface area (Å²) in [4.78, 5) is 18.0. The van der Waals surface area contributed by atoms with Gasteiger partial charge >= 0.3 is 0 Å². The molecule has 0 radical (unpaired) electrons. The minimum Gasteiger partial charge on any atom is -0.365 e. The first-order valence-electron chi connectivity index (χ1n) is 7.62. The van der Waals surface area contributed by atoms with Gasteiger partial charge in [-0.15, -0.1) is 11.8 Å². The topological polar surface area (TPSA) is 54.9 Å². The second-order valence-corrected chi connectivity index (χ2v) is 7.67. The maximum Gasteiger partial charge on any atom is 0.183 e. The van der Waals surface area contributed by atoms with Crippen LogP contribution in [0.15, 0.2) is 46.8 Å². The number of carbonyl (C=O) groups is 1. The van der Waals surface area contributed by atoms with Crippen molar-refractivity contribution in [3.8, 4) is 0 Å². The van der Waals surface area contributed by atoms with E-state index in [0.717, 1.165) is 21.3 Å². The van der Waals surface area contributed by atoms with Gasteiger partial charge in [0.25, 0.3) is 0 Å². The third kappa shape index (κ3) is 5.79. The Bertz CT molecular complexity index is 859. The molecule has 1 N–H and O–H groups in total. The first-order valence-corrected chi connectivity index (χ1v) is 9.80. The van der Waals surface area contributed by atoms with Gasteiger partial charge in [-0.05, 0) is 30.7 Å². The van der Waals surface area contributed by atoms with Crippen molar-refractivity contribution in [2.45, 2.75) is 16.9 Å². The summed E-state index contributed by atoms with van der Waals surface area (Å²) in [6.45, 7) is 1.95. The van der Waals surface area contributed by atoms with Gasteiger partial charge in [0.15, 0.2) is 11.4 Å². The smallest absolute Gasteiger partial charge is 0.183 e. The zero-order valence-electron chi connectivity index (χ0n) is 14.2. The van der Waals surface area contributed by atoms with Gasteiger partial charge in [-0.3, -0.25) is 9.78 Å². The number of thioether (sulfide) groups is 1. The molecule has 0 unspecified atom stereocenters. The van der Waals surface area contributed by atoms with E-state index in [0.29, 0.717) is 17.0 Å². The Morgan fingerprint density at radius 1 is 1.31 bits per heavy atom. The van der Waals surface area contributed by atoms with E-state index >= 15 is 0 Å². The molecular formula is C18H17ClFN3OS2. The van der Waals surface area contributed by atoms with Crippen LogP contribution in [0, 0.1) is 12.7 Å². The fourth-order valence-electron chi connectivity index (χ4n) is 1.87. The van der Waals surface area contributed by atoms with Crippen LogP contribution in [0.2, 0.25) is 5.02 Å². The highest BCUT2D eigenvalue weighted by molar-refractivity contribution is 8.00. The molecule has 8 heteroatoms.